The van der Waals surface area contributed by atoms with Gasteiger partial charge in [-0.05, 0) is 103 Å². The van der Waals surface area contributed by atoms with Gasteiger partial charge in [-0.1, -0.05) is 152 Å². The van der Waals surface area contributed by atoms with Crippen LogP contribution >= 0.6 is 0 Å². The first-order valence-electron chi connectivity index (χ1n) is 19.3. The van der Waals surface area contributed by atoms with Gasteiger partial charge in [-0.2, -0.15) is 0 Å². The smallest absolute Gasteiger partial charge is 0.143 e. The Morgan fingerprint density at radius 2 is 0.875 bits per heavy atom. The molecule has 260 valence electrons. The summed E-state index contributed by atoms with van der Waals surface area (Å²) in [7, 11) is 0. The molecular weight excluding hydrogens is 679 g/mol. The monoisotopic (exact) mass is 711 g/mol. The molecule has 0 aliphatic heterocycles. The van der Waals surface area contributed by atoms with E-state index in [-0.39, 0.29) is 0 Å². The van der Waals surface area contributed by atoms with Crippen molar-refractivity contribution < 1.29 is 4.42 Å². The Bertz CT molecular complexity index is 3470. The summed E-state index contributed by atoms with van der Waals surface area (Å²) in [6, 6.07) is 72.7. The third-order valence-electron chi connectivity index (χ3n) is 11.7. The van der Waals surface area contributed by atoms with E-state index >= 15 is 0 Å². The zero-order chi connectivity index (χ0) is 36.7. The lowest BCUT2D eigenvalue weighted by atomic mass is 9.83. The maximum absolute atomic E-state index is 6.81. The van der Waals surface area contributed by atoms with Gasteiger partial charge in [0.2, 0.25) is 0 Å². The van der Waals surface area contributed by atoms with Crippen molar-refractivity contribution in [2.45, 2.75) is 0 Å². The van der Waals surface area contributed by atoms with Crippen molar-refractivity contribution >= 4 is 76.1 Å². The quantitative estimate of drug-likeness (QED) is 0.166. The molecule has 2 heteroatoms. The summed E-state index contributed by atoms with van der Waals surface area (Å²) in [6.45, 7) is 0. The van der Waals surface area contributed by atoms with E-state index in [1.807, 2.05) is 0 Å². The van der Waals surface area contributed by atoms with Crippen LogP contribution in [0, 0.1) is 0 Å². The van der Waals surface area contributed by atoms with Gasteiger partial charge >= 0.3 is 0 Å². The molecule has 10 aromatic carbocycles. The van der Waals surface area contributed by atoms with Crippen molar-refractivity contribution in [3.05, 3.63) is 200 Å². The SMILES string of the molecule is c1ccc(-n2c3ccccc3c3cc(-c4cccc(-c5c6ccccc6c(-c6c7ccccc7cc7c6oc6ccccc67)c6ccccc56)c4)ccc32)cc1. The number of para-hydroxylation sites is 3. The minimum absolute atomic E-state index is 0.906. The predicted octanol–water partition coefficient (Wildman–Crippen LogP) is 15.1. The van der Waals surface area contributed by atoms with Gasteiger partial charge in [-0.25, -0.2) is 0 Å². The predicted molar refractivity (Wildman–Crippen MR) is 237 cm³/mol. The van der Waals surface area contributed by atoms with E-state index in [9.17, 15) is 0 Å². The molecule has 2 aromatic heterocycles. The molecule has 0 fully saturated rings. The van der Waals surface area contributed by atoms with Crippen LogP contribution in [0.4, 0.5) is 0 Å². The van der Waals surface area contributed by atoms with Crippen molar-refractivity contribution in [2.75, 3.05) is 0 Å². The second kappa shape index (κ2) is 12.0. The van der Waals surface area contributed by atoms with E-state index in [2.05, 4.69) is 205 Å². The number of aromatic nitrogens is 1. The maximum atomic E-state index is 6.81. The Labute approximate surface area is 323 Å². The van der Waals surface area contributed by atoms with E-state index in [0.717, 1.165) is 27.5 Å². The minimum Gasteiger partial charge on any atom is -0.455 e. The number of hydrogen-bond acceptors (Lipinski definition) is 1. The summed E-state index contributed by atoms with van der Waals surface area (Å²) in [4.78, 5) is 0. The number of rotatable bonds is 4. The number of fused-ring (bicyclic) bond motifs is 9. The van der Waals surface area contributed by atoms with Crippen LogP contribution in [0.25, 0.3) is 115 Å². The molecular formula is C54H33NO. The summed E-state index contributed by atoms with van der Waals surface area (Å²) in [5.41, 5.74) is 12.6. The van der Waals surface area contributed by atoms with Crippen molar-refractivity contribution in [2.24, 2.45) is 0 Å². The van der Waals surface area contributed by atoms with Crippen LogP contribution in [-0.4, -0.2) is 4.57 Å². The first-order chi connectivity index (χ1) is 27.8. The lowest BCUT2D eigenvalue weighted by Crippen LogP contribution is -1.93. The van der Waals surface area contributed by atoms with Crippen LogP contribution in [0.15, 0.2) is 205 Å². The fraction of sp³-hybridized carbons (Fsp3) is 0. The third kappa shape index (κ3) is 4.50. The first kappa shape index (κ1) is 31.0. The molecule has 0 saturated heterocycles. The van der Waals surface area contributed by atoms with Crippen LogP contribution in [0.1, 0.15) is 0 Å². The number of hydrogen-bond donors (Lipinski definition) is 0. The zero-order valence-corrected chi connectivity index (χ0v) is 30.4. The van der Waals surface area contributed by atoms with Crippen LogP contribution in [-0.2, 0) is 0 Å². The molecule has 0 atom stereocenters. The summed E-state index contributed by atoms with van der Waals surface area (Å²) < 4.78 is 9.18. The van der Waals surface area contributed by atoms with Gasteiger partial charge in [0, 0.05) is 38.4 Å². The Balaban J connectivity index is 1.11. The van der Waals surface area contributed by atoms with Gasteiger partial charge in [-0.15, -0.1) is 0 Å². The van der Waals surface area contributed by atoms with Gasteiger partial charge in [0.05, 0.1) is 11.0 Å². The van der Waals surface area contributed by atoms with Gasteiger partial charge < -0.3 is 8.98 Å². The Kier molecular flexibility index (Phi) is 6.66. The lowest BCUT2D eigenvalue weighted by Gasteiger charge is -2.19. The average molecular weight is 712 g/mol. The van der Waals surface area contributed by atoms with Gasteiger partial charge in [0.25, 0.3) is 0 Å². The fourth-order valence-corrected chi connectivity index (χ4v) is 9.34. The topological polar surface area (TPSA) is 18.1 Å². The summed E-state index contributed by atoms with van der Waals surface area (Å²) >= 11 is 0. The maximum Gasteiger partial charge on any atom is 0.143 e. The highest BCUT2D eigenvalue weighted by Crippen LogP contribution is 2.49. The molecule has 0 radical (unpaired) electrons. The molecule has 56 heavy (non-hydrogen) atoms. The molecule has 0 saturated carbocycles. The van der Waals surface area contributed by atoms with Gasteiger partial charge in [0.15, 0.2) is 0 Å². The molecule has 12 aromatic rings. The Hall–Kier alpha value is -7.42. The molecule has 0 unspecified atom stereocenters. The third-order valence-corrected chi connectivity index (χ3v) is 11.7. The molecule has 2 heterocycles. The summed E-state index contributed by atoms with van der Waals surface area (Å²) in [5.74, 6) is 0. The standard InChI is InChI=1S/C54H33NO/c1-2-18-38(19-3-1)55-48-27-12-10-21-40(48)46-32-35(29-30-49(46)55)34-16-14-17-37(31-34)51-42-23-6-8-25-44(42)52(45-26-9-7-24-43(45)51)53-39-20-5-4-15-36(39)33-47-41-22-11-13-28-50(41)56-54(47)53/h1-33H. The van der Waals surface area contributed by atoms with E-state index in [4.69, 9.17) is 4.42 Å². The molecule has 0 aliphatic rings. The Morgan fingerprint density at radius 1 is 0.304 bits per heavy atom. The number of benzene rings is 10. The van der Waals surface area contributed by atoms with Gasteiger partial charge in [-0.3, -0.25) is 0 Å². The first-order valence-corrected chi connectivity index (χ1v) is 19.3. The van der Waals surface area contributed by atoms with E-state index in [0.29, 0.717) is 0 Å². The van der Waals surface area contributed by atoms with Crippen LogP contribution in [0.2, 0.25) is 0 Å². The summed E-state index contributed by atoms with van der Waals surface area (Å²) in [5, 5.41) is 12.0. The van der Waals surface area contributed by atoms with E-state index in [1.165, 1.54) is 87.6 Å². The van der Waals surface area contributed by atoms with Crippen molar-refractivity contribution in [3.8, 4) is 39.1 Å². The lowest BCUT2D eigenvalue weighted by molar-refractivity contribution is 0.670. The van der Waals surface area contributed by atoms with E-state index in [1.54, 1.807) is 0 Å². The van der Waals surface area contributed by atoms with Gasteiger partial charge in [0.1, 0.15) is 11.2 Å². The zero-order valence-electron chi connectivity index (χ0n) is 30.4. The number of nitrogens with zero attached hydrogens (tertiary/aromatic N) is 1. The largest absolute Gasteiger partial charge is 0.455 e. The highest BCUT2D eigenvalue weighted by molar-refractivity contribution is 6.28. The average Bonchev–Trinajstić information content (AvgIpc) is 3.80. The van der Waals surface area contributed by atoms with Crippen molar-refractivity contribution in [3.63, 3.8) is 0 Å². The van der Waals surface area contributed by atoms with Crippen LogP contribution < -0.4 is 0 Å². The van der Waals surface area contributed by atoms with Crippen LogP contribution in [0.5, 0.6) is 0 Å². The molecule has 2 nitrogen and oxygen atoms in total. The van der Waals surface area contributed by atoms with E-state index < -0.39 is 0 Å². The molecule has 0 bridgehead atoms. The molecule has 0 amide bonds. The molecule has 12 rings (SSSR count). The summed E-state index contributed by atoms with van der Waals surface area (Å²) in [6.07, 6.45) is 0. The Morgan fingerprint density at radius 3 is 1.64 bits per heavy atom. The minimum atomic E-state index is 0.906. The van der Waals surface area contributed by atoms with Crippen molar-refractivity contribution in [1.29, 1.82) is 0 Å². The fourth-order valence-electron chi connectivity index (χ4n) is 9.34. The second-order valence-electron chi connectivity index (χ2n) is 14.8. The molecule has 0 spiro atoms. The van der Waals surface area contributed by atoms with Crippen molar-refractivity contribution in [1.82, 2.24) is 4.57 Å². The number of furan rings is 1. The highest BCUT2D eigenvalue weighted by Gasteiger charge is 2.23. The normalized spacial score (nSPS) is 11.9. The molecule has 0 N–H and O–H groups in total. The molecule has 0 aliphatic carbocycles. The van der Waals surface area contributed by atoms with Crippen LogP contribution in [0.3, 0.4) is 0 Å². The highest BCUT2D eigenvalue weighted by atomic mass is 16.3. The second-order valence-corrected chi connectivity index (χ2v) is 14.8.